The van der Waals surface area contributed by atoms with Crippen LogP contribution in [-0.2, 0) is 0 Å². The van der Waals surface area contributed by atoms with Crippen LogP contribution in [0.5, 0.6) is 0 Å². The third-order valence-electron chi connectivity index (χ3n) is 2.70. The van der Waals surface area contributed by atoms with Gasteiger partial charge in [0.1, 0.15) is 0 Å². The van der Waals surface area contributed by atoms with E-state index >= 15 is 0 Å². The topological polar surface area (TPSA) is 41.1 Å². The quantitative estimate of drug-likeness (QED) is 0.770. The van der Waals surface area contributed by atoms with Gasteiger partial charge in [-0.1, -0.05) is 15.9 Å². The Balaban J connectivity index is 2.13. The van der Waals surface area contributed by atoms with Crippen molar-refractivity contribution in [2.45, 2.75) is 6.92 Å². The summed E-state index contributed by atoms with van der Waals surface area (Å²) < 4.78 is 1.76. The van der Waals surface area contributed by atoms with Crippen LogP contribution in [0.1, 0.15) is 17.3 Å². The van der Waals surface area contributed by atoms with E-state index in [0.29, 0.717) is 5.56 Å². The molecule has 20 heavy (non-hydrogen) atoms. The maximum atomic E-state index is 12.2. The zero-order valence-electron chi connectivity index (χ0n) is 10.9. The Hall–Kier alpha value is -1.33. The van der Waals surface area contributed by atoms with Crippen LogP contribution in [0, 0.1) is 0 Å². The second kappa shape index (κ2) is 6.90. The molecule has 2 N–H and O–H groups in total. The second-order valence-electron chi connectivity index (χ2n) is 4.19. The standard InChI is InChI=1S/C15H14Br2N2O/c1-2-18-12-6-3-10(4-7-12)15(20)19-14-9-11(16)5-8-13(14)17/h3-9,18H,2H2,1H3,(H,19,20). The summed E-state index contributed by atoms with van der Waals surface area (Å²) >= 11 is 6.81. The number of carbonyl (C=O) groups excluding carboxylic acids is 1. The van der Waals surface area contributed by atoms with Gasteiger partial charge in [0.25, 0.3) is 5.91 Å². The minimum atomic E-state index is -0.133. The van der Waals surface area contributed by atoms with Crippen LogP contribution in [0.2, 0.25) is 0 Å². The van der Waals surface area contributed by atoms with E-state index in [9.17, 15) is 4.79 Å². The monoisotopic (exact) mass is 396 g/mol. The van der Waals surface area contributed by atoms with Crippen molar-refractivity contribution in [1.29, 1.82) is 0 Å². The molecule has 0 saturated carbocycles. The van der Waals surface area contributed by atoms with Crippen molar-refractivity contribution in [2.75, 3.05) is 17.2 Å². The third kappa shape index (κ3) is 3.84. The van der Waals surface area contributed by atoms with Crippen molar-refractivity contribution in [3.63, 3.8) is 0 Å². The number of rotatable bonds is 4. The first-order valence-electron chi connectivity index (χ1n) is 6.20. The normalized spacial score (nSPS) is 10.2. The zero-order valence-corrected chi connectivity index (χ0v) is 14.1. The molecule has 2 aromatic carbocycles. The van der Waals surface area contributed by atoms with E-state index in [1.54, 1.807) is 12.1 Å². The zero-order chi connectivity index (χ0) is 14.5. The van der Waals surface area contributed by atoms with E-state index < -0.39 is 0 Å². The van der Waals surface area contributed by atoms with Crippen molar-refractivity contribution in [3.8, 4) is 0 Å². The van der Waals surface area contributed by atoms with Crippen molar-refractivity contribution in [1.82, 2.24) is 0 Å². The number of hydrogen-bond acceptors (Lipinski definition) is 2. The van der Waals surface area contributed by atoms with Gasteiger partial charge in [0, 0.05) is 26.7 Å². The number of amides is 1. The first-order chi connectivity index (χ1) is 9.60. The fourth-order valence-electron chi connectivity index (χ4n) is 1.73. The van der Waals surface area contributed by atoms with Gasteiger partial charge in [-0.3, -0.25) is 4.79 Å². The first-order valence-corrected chi connectivity index (χ1v) is 7.79. The summed E-state index contributed by atoms with van der Waals surface area (Å²) in [6, 6.07) is 13.1. The molecule has 2 rings (SSSR count). The van der Waals surface area contributed by atoms with Crippen LogP contribution in [0.4, 0.5) is 11.4 Å². The Morgan fingerprint density at radius 3 is 2.45 bits per heavy atom. The van der Waals surface area contributed by atoms with Crippen molar-refractivity contribution >= 4 is 49.1 Å². The molecule has 0 heterocycles. The highest BCUT2D eigenvalue weighted by Crippen LogP contribution is 2.26. The maximum Gasteiger partial charge on any atom is 0.255 e. The van der Waals surface area contributed by atoms with E-state index in [4.69, 9.17) is 0 Å². The molecule has 0 radical (unpaired) electrons. The number of nitrogens with one attached hydrogen (secondary N) is 2. The Morgan fingerprint density at radius 2 is 1.80 bits per heavy atom. The molecular formula is C15H14Br2N2O. The molecule has 104 valence electrons. The average molecular weight is 398 g/mol. The molecule has 3 nitrogen and oxygen atoms in total. The third-order valence-corrected chi connectivity index (χ3v) is 3.89. The van der Waals surface area contributed by atoms with Gasteiger partial charge in [-0.25, -0.2) is 0 Å². The first kappa shape index (κ1) is 15.1. The van der Waals surface area contributed by atoms with E-state index in [-0.39, 0.29) is 5.91 Å². The average Bonchev–Trinajstić information content (AvgIpc) is 2.44. The summed E-state index contributed by atoms with van der Waals surface area (Å²) in [6.45, 7) is 2.89. The Bertz CT molecular complexity index is 612. The predicted molar refractivity (Wildman–Crippen MR) is 90.4 cm³/mol. The SMILES string of the molecule is CCNc1ccc(C(=O)Nc2cc(Br)ccc2Br)cc1. The Kier molecular flexibility index (Phi) is 5.20. The van der Waals surface area contributed by atoms with Gasteiger partial charge in [-0.2, -0.15) is 0 Å². The molecule has 5 heteroatoms. The van der Waals surface area contributed by atoms with Crippen LogP contribution in [0.25, 0.3) is 0 Å². The molecule has 2 aromatic rings. The Labute approximate surface area is 135 Å². The predicted octanol–water partition coefficient (Wildman–Crippen LogP) is 4.90. The number of hydrogen-bond donors (Lipinski definition) is 2. The smallest absolute Gasteiger partial charge is 0.255 e. The molecule has 0 saturated heterocycles. The summed E-state index contributed by atoms with van der Waals surface area (Å²) in [5, 5.41) is 6.08. The fraction of sp³-hybridized carbons (Fsp3) is 0.133. The summed E-state index contributed by atoms with van der Waals surface area (Å²) in [5.74, 6) is -0.133. The lowest BCUT2D eigenvalue weighted by Crippen LogP contribution is -2.12. The van der Waals surface area contributed by atoms with Crippen LogP contribution >= 0.6 is 31.9 Å². The largest absolute Gasteiger partial charge is 0.385 e. The fourth-order valence-corrected chi connectivity index (χ4v) is 2.44. The molecule has 0 aliphatic rings. The number of anilines is 2. The van der Waals surface area contributed by atoms with Crippen LogP contribution in [0.3, 0.4) is 0 Å². The summed E-state index contributed by atoms with van der Waals surface area (Å²) in [5.41, 5.74) is 2.37. The molecule has 0 fully saturated rings. The molecule has 0 aliphatic carbocycles. The molecule has 0 atom stereocenters. The molecule has 0 bridgehead atoms. The molecular weight excluding hydrogens is 384 g/mol. The van der Waals surface area contributed by atoms with E-state index in [0.717, 1.165) is 26.9 Å². The molecule has 0 aromatic heterocycles. The van der Waals surface area contributed by atoms with E-state index in [1.165, 1.54) is 0 Å². The summed E-state index contributed by atoms with van der Waals surface area (Å²) in [7, 11) is 0. The van der Waals surface area contributed by atoms with E-state index in [1.807, 2.05) is 37.3 Å². The van der Waals surface area contributed by atoms with Gasteiger partial charge >= 0.3 is 0 Å². The van der Waals surface area contributed by atoms with Gasteiger partial charge in [0.05, 0.1) is 5.69 Å². The van der Waals surface area contributed by atoms with Crippen molar-refractivity contribution in [3.05, 3.63) is 57.0 Å². The molecule has 1 amide bonds. The van der Waals surface area contributed by atoms with Gasteiger partial charge in [0.15, 0.2) is 0 Å². The highest BCUT2D eigenvalue weighted by molar-refractivity contribution is 9.11. The van der Waals surface area contributed by atoms with Crippen molar-refractivity contribution in [2.24, 2.45) is 0 Å². The van der Waals surface area contributed by atoms with Crippen LogP contribution in [0.15, 0.2) is 51.4 Å². The lowest BCUT2D eigenvalue weighted by atomic mass is 10.2. The number of carbonyl (C=O) groups is 1. The highest BCUT2D eigenvalue weighted by Gasteiger charge is 2.08. The lowest BCUT2D eigenvalue weighted by molar-refractivity contribution is 0.102. The van der Waals surface area contributed by atoms with Gasteiger partial charge in [-0.05, 0) is 65.3 Å². The maximum absolute atomic E-state index is 12.2. The lowest BCUT2D eigenvalue weighted by Gasteiger charge is -2.09. The molecule has 0 spiro atoms. The van der Waals surface area contributed by atoms with Gasteiger partial charge < -0.3 is 10.6 Å². The van der Waals surface area contributed by atoms with E-state index in [2.05, 4.69) is 42.5 Å². The highest BCUT2D eigenvalue weighted by atomic mass is 79.9. The minimum absolute atomic E-state index is 0.133. The minimum Gasteiger partial charge on any atom is -0.385 e. The van der Waals surface area contributed by atoms with Crippen LogP contribution < -0.4 is 10.6 Å². The number of halogens is 2. The molecule has 0 aliphatic heterocycles. The molecule has 0 unspecified atom stereocenters. The number of benzene rings is 2. The van der Waals surface area contributed by atoms with Crippen LogP contribution in [-0.4, -0.2) is 12.5 Å². The summed E-state index contributed by atoms with van der Waals surface area (Å²) in [4.78, 5) is 12.2. The Morgan fingerprint density at radius 1 is 1.10 bits per heavy atom. The van der Waals surface area contributed by atoms with Gasteiger partial charge in [0.2, 0.25) is 0 Å². The van der Waals surface area contributed by atoms with Crippen molar-refractivity contribution < 1.29 is 4.79 Å². The summed E-state index contributed by atoms with van der Waals surface area (Å²) in [6.07, 6.45) is 0. The second-order valence-corrected chi connectivity index (χ2v) is 5.96. The van der Waals surface area contributed by atoms with Gasteiger partial charge in [-0.15, -0.1) is 0 Å².